The van der Waals surface area contributed by atoms with Gasteiger partial charge >= 0.3 is 0 Å². The molecule has 1 heterocycles. The first-order valence-electron chi connectivity index (χ1n) is 5.12. The zero-order valence-electron chi connectivity index (χ0n) is 8.96. The molecule has 0 saturated heterocycles. The third kappa shape index (κ3) is 4.94. The molecule has 1 rings (SSSR count). The van der Waals surface area contributed by atoms with Crippen molar-refractivity contribution in [2.45, 2.75) is 26.4 Å². The minimum atomic E-state index is 0.567. The van der Waals surface area contributed by atoms with E-state index in [1.807, 2.05) is 24.5 Å². The van der Waals surface area contributed by atoms with Crippen LogP contribution in [0.5, 0.6) is 0 Å². The van der Waals surface area contributed by atoms with Crippen LogP contribution in [0.15, 0.2) is 24.5 Å². The highest BCUT2D eigenvalue weighted by Gasteiger charge is 1.92. The fraction of sp³-hybridized carbons (Fsp3) is 0.545. The highest BCUT2D eigenvalue weighted by atomic mass is 15.0. The minimum Gasteiger partial charge on any atom is -0.313 e. The number of hydrogen-bond donors (Lipinski definition) is 2. The van der Waals surface area contributed by atoms with E-state index in [2.05, 4.69) is 29.5 Å². The fourth-order valence-electron chi connectivity index (χ4n) is 1.18. The molecule has 0 atom stereocenters. The number of aromatic nitrogens is 1. The van der Waals surface area contributed by atoms with Crippen LogP contribution >= 0.6 is 0 Å². The van der Waals surface area contributed by atoms with Crippen molar-refractivity contribution in [3.8, 4) is 0 Å². The molecule has 0 aliphatic rings. The summed E-state index contributed by atoms with van der Waals surface area (Å²) in [6, 6.07) is 4.63. The van der Waals surface area contributed by atoms with Crippen molar-refractivity contribution < 1.29 is 0 Å². The second kappa shape index (κ2) is 6.51. The van der Waals surface area contributed by atoms with E-state index in [0.717, 1.165) is 19.6 Å². The Balaban J connectivity index is 2.05. The Kier molecular flexibility index (Phi) is 5.19. The monoisotopic (exact) mass is 193 g/mol. The quantitative estimate of drug-likeness (QED) is 0.666. The van der Waals surface area contributed by atoms with Gasteiger partial charge in [-0.15, -0.1) is 0 Å². The average molecular weight is 193 g/mol. The van der Waals surface area contributed by atoms with Crippen molar-refractivity contribution in [3.63, 3.8) is 0 Å². The summed E-state index contributed by atoms with van der Waals surface area (Å²) in [5.41, 5.74) is 1.28. The summed E-state index contributed by atoms with van der Waals surface area (Å²) >= 11 is 0. The number of pyridine rings is 1. The zero-order valence-corrected chi connectivity index (χ0v) is 8.96. The summed E-state index contributed by atoms with van der Waals surface area (Å²) < 4.78 is 0. The SMILES string of the molecule is CC(C)NCCNCc1ccncc1. The number of nitrogens with zero attached hydrogens (tertiary/aromatic N) is 1. The molecule has 3 heteroatoms. The van der Waals surface area contributed by atoms with Crippen molar-refractivity contribution in [2.24, 2.45) is 0 Å². The minimum absolute atomic E-state index is 0.567. The van der Waals surface area contributed by atoms with Crippen LogP contribution in [0, 0.1) is 0 Å². The zero-order chi connectivity index (χ0) is 10.2. The summed E-state index contributed by atoms with van der Waals surface area (Å²) in [5, 5.41) is 6.72. The van der Waals surface area contributed by atoms with Gasteiger partial charge in [-0.2, -0.15) is 0 Å². The van der Waals surface area contributed by atoms with E-state index in [4.69, 9.17) is 0 Å². The van der Waals surface area contributed by atoms with Crippen LogP contribution in [0.1, 0.15) is 19.4 Å². The second-order valence-electron chi connectivity index (χ2n) is 3.64. The summed E-state index contributed by atoms with van der Waals surface area (Å²) in [5.74, 6) is 0. The molecule has 0 bridgehead atoms. The topological polar surface area (TPSA) is 37.0 Å². The molecule has 0 aromatic carbocycles. The lowest BCUT2D eigenvalue weighted by Crippen LogP contribution is -2.31. The highest BCUT2D eigenvalue weighted by molar-refractivity contribution is 5.08. The maximum atomic E-state index is 3.97. The first kappa shape index (κ1) is 11.1. The van der Waals surface area contributed by atoms with E-state index in [0.29, 0.717) is 6.04 Å². The molecule has 78 valence electrons. The molecule has 0 aliphatic carbocycles. The van der Waals surface area contributed by atoms with Gasteiger partial charge in [0, 0.05) is 38.1 Å². The smallest absolute Gasteiger partial charge is 0.0271 e. The Labute approximate surface area is 85.9 Å². The number of nitrogens with one attached hydrogen (secondary N) is 2. The number of hydrogen-bond acceptors (Lipinski definition) is 3. The van der Waals surface area contributed by atoms with Crippen LogP contribution in [0.3, 0.4) is 0 Å². The van der Waals surface area contributed by atoms with Gasteiger partial charge in [0.1, 0.15) is 0 Å². The Morgan fingerprint density at radius 2 is 1.93 bits per heavy atom. The summed E-state index contributed by atoms with van der Waals surface area (Å²) in [6.45, 7) is 7.25. The normalized spacial score (nSPS) is 10.8. The van der Waals surface area contributed by atoms with Gasteiger partial charge in [-0.05, 0) is 17.7 Å². The Bertz CT molecular complexity index is 234. The van der Waals surface area contributed by atoms with E-state index in [-0.39, 0.29) is 0 Å². The van der Waals surface area contributed by atoms with Gasteiger partial charge < -0.3 is 10.6 Å². The van der Waals surface area contributed by atoms with Gasteiger partial charge in [-0.25, -0.2) is 0 Å². The largest absolute Gasteiger partial charge is 0.313 e. The molecule has 0 fully saturated rings. The molecule has 3 nitrogen and oxygen atoms in total. The van der Waals surface area contributed by atoms with Crippen LogP contribution in [-0.4, -0.2) is 24.1 Å². The van der Waals surface area contributed by atoms with Crippen molar-refractivity contribution in [1.82, 2.24) is 15.6 Å². The van der Waals surface area contributed by atoms with Crippen molar-refractivity contribution in [2.75, 3.05) is 13.1 Å². The van der Waals surface area contributed by atoms with E-state index < -0.39 is 0 Å². The standard InChI is InChI=1S/C11H19N3/c1-10(2)14-8-7-13-9-11-3-5-12-6-4-11/h3-6,10,13-14H,7-9H2,1-2H3. The van der Waals surface area contributed by atoms with Gasteiger partial charge in [0.2, 0.25) is 0 Å². The molecular weight excluding hydrogens is 174 g/mol. The van der Waals surface area contributed by atoms with E-state index in [1.54, 1.807) is 0 Å². The Hall–Kier alpha value is -0.930. The molecule has 0 aliphatic heterocycles. The maximum absolute atomic E-state index is 3.97. The first-order chi connectivity index (χ1) is 6.79. The molecule has 0 radical (unpaired) electrons. The molecule has 0 unspecified atom stereocenters. The Morgan fingerprint density at radius 3 is 2.57 bits per heavy atom. The molecule has 0 amide bonds. The van der Waals surface area contributed by atoms with Crippen molar-refractivity contribution in [1.29, 1.82) is 0 Å². The molecule has 0 spiro atoms. The van der Waals surface area contributed by atoms with E-state index in [9.17, 15) is 0 Å². The van der Waals surface area contributed by atoms with Crippen molar-refractivity contribution >= 4 is 0 Å². The first-order valence-corrected chi connectivity index (χ1v) is 5.12. The Morgan fingerprint density at radius 1 is 1.21 bits per heavy atom. The van der Waals surface area contributed by atoms with Gasteiger partial charge in [0.05, 0.1) is 0 Å². The molecule has 1 aromatic rings. The van der Waals surface area contributed by atoms with Crippen LogP contribution in [-0.2, 0) is 6.54 Å². The number of rotatable bonds is 6. The summed E-state index contributed by atoms with van der Waals surface area (Å²) in [4.78, 5) is 3.97. The molecule has 1 aromatic heterocycles. The summed E-state index contributed by atoms with van der Waals surface area (Å²) in [6.07, 6.45) is 3.65. The lowest BCUT2D eigenvalue weighted by atomic mass is 10.3. The van der Waals surface area contributed by atoms with Crippen LogP contribution in [0.25, 0.3) is 0 Å². The third-order valence-electron chi connectivity index (χ3n) is 1.93. The van der Waals surface area contributed by atoms with Crippen LogP contribution in [0.2, 0.25) is 0 Å². The maximum Gasteiger partial charge on any atom is 0.0271 e. The van der Waals surface area contributed by atoms with Crippen molar-refractivity contribution in [3.05, 3.63) is 30.1 Å². The van der Waals surface area contributed by atoms with Gasteiger partial charge in [-0.3, -0.25) is 4.98 Å². The van der Waals surface area contributed by atoms with Gasteiger partial charge in [-0.1, -0.05) is 13.8 Å². The lowest BCUT2D eigenvalue weighted by Gasteiger charge is -2.08. The molecular formula is C11H19N3. The predicted molar refractivity (Wildman–Crippen MR) is 59.1 cm³/mol. The van der Waals surface area contributed by atoms with Gasteiger partial charge in [0.25, 0.3) is 0 Å². The second-order valence-corrected chi connectivity index (χ2v) is 3.64. The summed E-state index contributed by atoms with van der Waals surface area (Å²) in [7, 11) is 0. The fourth-order valence-corrected chi connectivity index (χ4v) is 1.18. The average Bonchev–Trinajstić information content (AvgIpc) is 2.18. The van der Waals surface area contributed by atoms with Crippen LogP contribution < -0.4 is 10.6 Å². The van der Waals surface area contributed by atoms with Crippen LogP contribution in [0.4, 0.5) is 0 Å². The molecule has 14 heavy (non-hydrogen) atoms. The highest BCUT2D eigenvalue weighted by Crippen LogP contribution is 1.93. The third-order valence-corrected chi connectivity index (χ3v) is 1.93. The van der Waals surface area contributed by atoms with Gasteiger partial charge in [0.15, 0.2) is 0 Å². The van der Waals surface area contributed by atoms with E-state index >= 15 is 0 Å². The molecule has 0 saturated carbocycles. The molecule has 2 N–H and O–H groups in total. The predicted octanol–water partition coefficient (Wildman–Crippen LogP) is 1.17. The lowest BCUT2D eigenvalue weighted by molar-refractivity contribution is 0.555. The van der Waals surface area contributed by atoms with E-state index in [1.165, 1.54) is 5.56 Å².